The van der Waals surface area contributed by atoms with Crippen LogP contribution in [-0.2, 0) is 14.3 Å². The van der Waals surface area contributed by atoms with Crippen LogP contribution in [0.5, 0.6) is 11.5 Å². The van der Waals surface area contributed by atoms with Crippen molar-refractivity contribution in [1.82, 2.24) is 10.6 Å². The molecule has 0 saturated heterocycles. The van der Waals surface area contributed by atoms with Crippen LogP contribution in [0.2, 0.25) is 0 Å². The first kappa shape index (κ1) is 25.3. The molecule has 0 unspecified atom stereocenters. The van der Waals surface area contributed by atoms with Crippen molar-refractivity contribution >= 4 is 23.9 Å². The Morgan fingerprint density at radius 1 is 0.917 bits per heavy atom. The molecule has 2 aromatic rings. The maximum atomic E-state index is 12.9. The summed E-state index contributed by atoms with van der Waals surface area (Å²) in [6, 6.07) is 14.2. The first-order chi connectivity index (χ1) is 17.5. The molecule has 0 radical (unpaired) electrons. The maximum Gasteiger partial charge on any atom is 0.302 e. The fourth-order valence-electron chi connectivity index (χ4n) is 3.45. The zero-order chi connectivity index (χ0) is 25.3. The van der Waals surface area contributed by atoms with Crippen LogP contribution in [0.25, 0.3) is 6.08 Å². The van der Waals surface area contributed by atoms with Crippen LogP contribution < -0.4 is 20.1 Å². The molecule has 0 aromatic heterocycles. The van der Waals surface area contributed by atoms with Crippen molar-refractivity contribution in [2.75, 3.05) is 19.8 Å². The molecule has 36 heavy (non-hydrogen) atoms. The first-order valence-corrected chi connectivity index (χ1v) is 12.4. The SMILES string of the molecule is CC(=O)OCCNC(=O)C(=Cc1ccc(OC2CC2)cc1)NC(=O)c1ccc(OCCC2CC2)cc1. The lowest BCUT2D eigenvalue weighted by atomic mass is 10.1. The lowest BCUT2D eigenvalue weighted by Crippen LogP contribution is -2.36. The van der Waals surface area contributed by atoms with Crippen molar-refractivity contribution in [3.8, 4) is 11.5 Å². The van der Waals surface area contributed by atoms with Gasteiger partial charge >= 0.3 is 5.97 Å². The third-order valence-corrected chi connectivity index (χ3v) is 5.81. The molecule has 2 fully saturated rings. The van der Waals surface area contributed by atoms with Crippen molar-refractivity contribution in [1.29, 1.82) is 0 Å². The van der Waals surface area contributed by atoms with E-state index < -0.39 is 17.8 Å². The number of carbonyl (C=O) groups excluding carboxylic acids is 3. The number of nitrogens with one attached hydrogen (secondary N) is 2. The maximum absolute atomic E-state index is 12.9. The molecule has 2 aliphatic carbocycles. The Balaban J connectivity index is 1.39. The Morgan fingerprint density at radius 2 is 1.61 bits per heavy atom. The van der Waals surface area contributed by atoms with Crippen molar-refractivity contribution in [2.45, 2.75) is 45.1 Å². The van der Waals surface area contributed by atoms with Crippen molar-refractivity contribution in [3.05, 3.63) is 65.4 Å². The second-order valence-electron chi connectivity index (χ2n) is 9.10. The van der Waals surface area contributed by atoms with E-state index in [4.69, 9.17) is 14.2 Å². The third kappa shape index (κ3) is 8.45. The number of hydrogen-bond donors (Lipinski definition) is 2. The lowest BCUT2D eigenvalue weighted by molar-refractivity contribution is -0.141. The summed E-state index contributed by atoms with van der Waals surface area (Å²) < 4.78 is 16.4. The molecule has 2 amide bonds. The molecule has 0 heterocycles. The van der Waals surface area contributed by atoms with Gasteiger partial charge in [-0.3, -0.25) is 14.4 Å². The van der Waals surface area contributed by atoms with Gasteiger partial charge in [-0.1, -0.05) is 25.0 Å². The van der Waals surface area contributed by atoms with Gasteiger partial charge in [-0.05, 0) is 73.2 Å². The van der Waals surface area contributed by atoms with Crippen LogP contribution in [0, 0.1) is 5.92 Å². The van der Waals surface area contributed by atoms with E-state index in [1.807, 2.05) is 24.3 Å². The van der Waals surface area contributed by atoms with Gasteiger partial charge < -0.3 is 24.8 Å². The number of hydrogen-bond acceptors (Lipinski definition) is 6. The summed E-state index contributed by atoms with van der Waals surface area (Å²) in [7, 11) is 0. The summed E-state index contributed by atoms with van der Waals surface area (Å²) in [5.41, 5.74) is 1.20. The lowest BCUT2D eigenvalue weighted by Gasteiger charge is -2.12. The summed E-state index contributed by atoms with van der Waals surface area (Å²) >= 11 is 0. The molecule has 8 heteroatoms. The Labute approximate surface area is 211 Å². The van der Waals surface area contributed by atoms with Gasteiger partial charge in [-0.15, -0.1) is 0 Å². The van der Waals surface area contributed by atoms with Crippen molar-refractivity contribution in [3.63, 3.8) is 0 Å². The van der Waals surface area contributed by atoms with Crippen molar-refractivity contribution < 1.29 is 28.6 Å². The summed E-state index contributed by atoms with van der Waals surface area (Å²) in [5, 5.41) is 5.37. The molecule has 0 bridgehead atoms. The summed E-state index contributed by atoms with van der Waals surface area (Å²) in [6.07, 6.45) is 7.64. The molecule has 0 atom stereocenters. The quantitative estimate of drug-likeness (QED) is 0.250. The predicted molar refractivity (Wildman–Crippen MR) is 134 cm³/mol. The zero-order valence-electron chi connectivity index (χ0n) is 20.5. The highest BCUT2D eigenvalue weighted by Gasteiger charge is 2.23. The summed E-state index contributed by atoms with van der Waals surface area (Å²) in [5.74, 6) is 0.929. The Hall–Kier alpha value is -3.81. The van der Waals surface area contributed by atoms with E-state index in [1.165, 1.54) is 19.8 Å². The van der Waals surface area contributed by atoms with Gasteiger partial charge in [-0.2, -0.15) is 0 Å². The molecule has 4 rings (SSSR count). The van der Waals surface area contributed by atoms with Gasteiger partial charge in [0, 0.05) is 12.5 Å². The number of amides is 2. The molecular formula is C28H32N2O6. The molecular weight excluding hydrogens is 460 g/mol. The van der Waals surface area contributed by atoms with E-state index in [-0.39, 0.29) is 18.8 Å². The Bertz CT molecular complexity index is 1090. The zero-order valence-corrected chi connectivity index (χ0v) is 20.5. The minimum atomic E-state index is -0.492. The van der Waals surface area contributed by atoms with E-state index in [9.17, 15) is 14.4 Å². The standard InChI is InChI=1S/C28H32N2O6/c1-19(31)34-17-15-29-28(33)26(18-21-4-8-24(9-5-21)36-25-12-13-25)30-27(32)22-6-10-23(11-7-22)35-16-14-20-2-3-20/h4-11,18,20,25H,2-3,12-17H2,1H3,(H,29,33)(H,30,32). The van der Waals surface area contributed by atoms with E-state index >= 15 is 0 Å². The molecule has 2 aliphatic rings. The van der Waals surface area contributed by atoms with E-state index in [0.29, 0.717) is 24.0 Å². The molecule has 190 valence electrons. The van der Waals surface area contributed by atoms with Gasteiger partial charge in [0.1, 0.15) is 23.8 Å². The third-order valence-electron chi connectivity index (χ3n) is 5.81. The largest absolute Gasteiger partial charge is 0.494 e. The number of esters is 1. The normalized spacial score (nSPS) is 15.1. The monoisotopic (exact) mass is 492 g/mol. The number of rotatable bonds is 13. The minimum Gasteiger partial charge on any atom is -0.494 e. The second kappa shape index (κ2) is 12.2. The minimum absolute atomic E-state index is 0.0394. The van der Waals surface area contributed by atoms with Crippen LogP contribution in [-0.4, -0.2) is 43.6 Å². The van der Waals surface area contributed by atoms with Crippen LogP contribution in [0.15, 0.2) is 54.2 Å². The molecule has 2 saturated carbocycles. The van der Waals surface area contributed by atoms with E-state index in [0.717, 1.165) is 36.5 Å². The highest BCUT2D eigenvalue weighted by atomic mass is 16.5. The molecule has 2 N–H and O–H groups in total. The van der Waals surface area contributed by atoms with Gasteiger partial charge in [-0.25, -0.2) is 0 Å². The fraction of sp³-hybridized carbons (Fsp3) is 0.393. The van der Waals surface area contributed by atoms with Gasteiger partial charge in [0.2, 0.25) is 0 Å². The van der Waals surface area contributed by atoms with Crippen LogP contribution >= 0.6 is 0 Å². The predicted octanol–water partition coefficient (Wildman–Crippen LogP) is 3.86. The van der Waals surface area contributed by atoms with Gasteiger partial charge in [0.15, 0.2) is 0 Å². The molecule has 8 nitrogen and oxygen atoms in total. The molecule has 2 aromatic carbocycles. The molecule has 0 spiro atoms. The average molecular weight is 493 g/mol. The second-order valence-corrected chi connectivity index (χ2v) is 9.10. The van der Waals surface area contributed by atoms with Crippen LogP contribution in [0.4, 0.5) is 0 Å². The fourth-order valence-corrected chi connectivity index (χ4v) is 3.45. The van der Waals surface area contributed by atoms with Crippen molar-refractivity contribution in [2.24, 2.45) is 5.92 Å². The van der Waals surface area contributed by atoms with Gasteiger partial charge in [0.05, 0.1) is 19.3 Å². The number of benzene rings is 2. The van der Waals surface area contributed by atoms with E-state index in [2.05, 4.69) is 10.6 Å². The Kier molecular flexibility index (Phi) is 8.60. The van der Waals surface area contributed by atoms with Gasteiger partial charge in [0.25, 0.3) is 11.8 Å². The topological polar surface area (TPSA) is 103 Å². The highest BCUT2D eigenvalue weighted by molar-refractivity contribution is 6.05. The Morgan fingerprint density at radius 3 is 2.25 bits per heavy atom. The summed E-state index contributed by atoms with van der Waals surface area (Å²) in [6.45, 7) is 2.12. The highest BCUT2D eigenvalue weighted by Crippen LogP contribution is 2.32. The van der Waals surface area contributed by atoms with Crippen LogP contribution in [0.1, 0.15) is 54.9 Å². The first-order valence-electron chi connectivity index (χ1n) is 12.4. The summed E-state index contributed by atoms with van der Waals surface area (Å²) in [4.78, 5) is 36.7. The van der Waals surface area contributed by atoms with Crippen LogP contribution in [0.3, 0.4) is 0 Å². The number of ether oxygens (including phenoxy) is 3. The average Bonchev–Trinajstić information content (AvgIpc) is 3.80. The smallest absolute Gasteiger partial charge is 0.302 e. The number of carbonyl (C=O) groups is 3. The van der Waals surface area contributed by atoms with E-state index in [1.54, 1.807) is 30.3 Å². The molecule has 0 aliphatic heterocycles.